The Hall–Kier alpha value is -2.96. The van der Waals surface area contributed by atoms with E-state index < -0.39 is 41.6 Å². The lowest BCUT2D eigenvalue weighted by atomic mass is 10.1. The molecule has 0 saturated carbocycles. The maximum atomic E-state index is 14.7. The zero-order valence-electron chi connectivity index (χ0n) is 20.0. The third kappa shape index (κ3) is 7.53. The summed E-state index contributed by atoms with van der Waals surface area (Å²) < 4.78 is 67.1. The predicted octanol–water partition coefficient (Wildman–Crippen LogP) is 3.91. The van der Waals surface area contributed by atoms with Gasteiger partial charge in [-0.2, -0.15) is 13.2 Å². The number of alkyl halides is 3. The van der Waals surface area contributed by atoms with Crippen LogP contribution in [-0.2, 0) is 11.3 Å². The predicted molar refractivity (Wildman–Crippen MR) is 131 cm³/mol. The van der Waals surface area contributed by atoms with Crippen molar-refractivity contribution in [2.75, 3.05) is 42.9 Å². The van der Waals surface area contributed by atoms with Gasteiger partial charge in [0.15, 0.2) is 11.6 Å². The van der Waals surface area contributed by atoms with E-state index in [4.69, 9.17) is 17.3 Å². The number of hydrogen-bond donors (Lipinski definition) is 3. The summed E-state index contributed by atoms with van der Waals surface area (Å²) in [5.74, 6) is -4.11. The van der Waals surface area contributed by atoms with E-state index in [1.165, 1.54) is 18.2 Å². The number of halogens is 6. The average Bonchev–Trinajstić information content (AvgIpc) is 2.84. The summed E-state index contributed by atoms with van der Waals surface area (Å²) >= 11 is 6.17. The second kappa shape index (κ2) is 12.1. The number of anilines is 2. The average molecular weight is 548 g/mol. The Kier molecular flexibility index (Phi) is 9.32. The molecule has 0 unspecified atom stereocenters. The zero-order valence-corrected chi connectivity index (χ0v) is 20.7. The molecular formula is C24H27ClF5N5O2. The number of piperazine rings is 1. The molecule has 7 nitrogen and oxygen atoms in total. The van der Waals surface area contributed by atoms with Crippen LogP contribution in [0, 0.1) is 11.6 Å². The highest BCUT2D eigenvalue weighted by molar-refractivity contribution is 6.31. The van der Waals surface area contributed by atoms with Crippen LogP contribution in [0.2, 0.25) is 5.02 Å². The maximum absolute atomic E-state index is 14.7. The zero-order chi connectivity index (χ0) is 27.3. The first-order valence-electron chi connectivity index (χ1n) is 11.5. The van der Waals surface area contributed by atoms with Crippen molar-refractivity contribution < 1.29 is 31.5 Å². The molecule has 1 saturated heterocycles. The maximum Gasteiger partial charge on any atom is 0.390 e. The lowest BCUT2D eigenvalue weighted by Crippen LogP contribution is -2.52. The van der Waals surface area contributed by atoms with Gasteiger partial charge >= 0.3 is 6.18 Å². The molecule has 0 bridgehead atoms. The molecule has 2 aromatic carbocycles. The highest BCUT2D eigenvalue weighted by atomic mass is 35.5. The number of carbonyl (C=O) groups is 2. The fourth-order valence-corrected chi connectivity index (χ4v) is 4.25. The van der Waals surface area contributed by atoms with Gasteiger partial charge in [0, 0.05) is 49.4 Å². The van der Waals surface area contributed by atoms with Crippen LogP contribution < -0.4 is 21.3 Å². The van der Waals surface area contributed by atoms with Gasteiger partial charge in [-0.15, -0.1) is 0 Å². The molecule has 2 aromatic rings. The number of hydrogen-bond acceptors (Lipinski definition) is 5. The minimum absolute atomic E-state index is 0.114. The van der Waals surface area contributed by atoms with Gasteiger partial charge in [0.2, 0.25) is 5.91 Å². The second-order valence-corrected chi connectivity index (χ2v) is 9.14. The van der Waals surface area contributed by atoms with E-state index in [9.17, 15) is 31.5 Å². The topological polar surface area (TPSA) is 90.7 Å². The highest BCUT2D eigenvalue weighted by Crippen LogP contribution is 2.33. The van der Waals surface area contributed by atoms with E-state index in [0.29, 0.717) is 30.3 Å². The SMILES string of the molecule is C[C@@H]1CN(CCC(F)(F)F)CCN1c1cc(Cl)ccc1NC(=O)c1ccc(CNC(=O)CN)c(F)c1F. The molecule has 4 N–H and O–H groups in total. The van der Waals surface area contributed by atoms with E-state index in [1.54, 1.807) is 11.0 Å². The van der Waals surface area contributed by atoms with Crippen LogP contribution in [0.3, 0.4) is 0 Å². The highest BCUT2D eigenvalue weighted by Gasteiger charge is 2.31. The summed E-state index contributed by atoms with van der Waals surface area (Å²) in [7, 11) is 0. The monoisotopic (exact) mass is 547 g/mol. The third-order valence-corrected chi connectivity index (χ3v) is 6.24. The number of rotatable bonds is 8. The molecule has 13 heteroatoms. The van der Waals surface area contributed by atoms with E-state index in [0.717, 1.165) is 6.07 Å². The number of nitrogens with zero attached hydrogens (tertiary/aromatic N) is 2. The molecule has 1 aliphatic heterocycles. The molecule has 1 fully saturated rings. The van der Waals surface area contributed by atoms with E-state index in [2.05, 4.69) is 10.6 Å². The minimum atomic E-state index is -4.24. The van der Waals surface area contributed by atoms with Gasteiger partial charge in [0.25, 0.3) is 5.91 Å². The van der Waals surface area contributed by atoms with Crippen molar-refractivity contribution in [1.29, 1.82) is 0 Å². The second-order valence-electron chi connectivity index (χ2n) is 8.70. The molecule has 1 heterocycles. The molecule has 0 spiro atoms. The van der Waals surface area contributed by atoms with E-state index >= 15 is 0 Å². The summed E-state index contributed by atoms with van der Waals surface area (Å²) in [5, 5.41) is 5.27. The quantitative estimate of drug-likeness (QED) is 0.436. The van der Waals surface area contributed by atoms with Crippen LogP contribution in [0.15, 0.2) is 30.3 Å². The summed E-state index contributed by atoms with van der Waals surface area (Å²) in [6, 6.07) is 6.71. The summed E-state index contributed by atoms with van der Waals surface area (Å²) in [5.41, 5.74) is 5.26. The van der Waals surface area contributed by atoms with Gasteiger partial charge in [-0.05, 0) is 31.2 Å². The summed E-state index contributed by atoms with van der Waals surface area (Å²) in [6.45, 7) is 2.21. The standard InChI is InChI=1S/C24H27ClF5N5O2/c1-14-13-34(7-6-24(28,29)30)8-9-35(14)19-10-16(25)3-5-18(19)33-23(37)17-4-2-15(21(26)22(17)27)12-32-20(36)11-31/h2-5,10,14H,6-9,11-13,31H2,1H3,(H,32,36)(H,33,37)/t14-/m1/s1. The smallest absolute Gasteiger partial charge is 0.365 e. The number of carbonyl (C=O) groups excluding carboxylic acids is 2. The summed E-state index contributed by atoms with van der Waals surface area (Å²) in [6.07, 6.45) is -5.14. The van der Waals surface area contributed by atoms with Crippen molar-refractivity contribution in [2.45, 2.75) is 32.1 Å². The van der Waals surface area contributed by atoms with Crippen LogP contribution in [-0.4, -0.2) is 61.7 Å². The lowest BCUT2D eigenvalue weighted by Gasteiger charge is -2.42. The van der Waals surface area contributed by atoms with Crippen molar-refractivity contribution in [3.63, 3.8) is 0 Å². The molecule has 0 aliphatic carbocycles. The van der Waals surface area contributed by atoms with Gasteiger partial charge in [-0.3, -0.25) is 14.5 Å². The Balaban J connectivity index is 1.76. The van der Waals surface area contributed by atoms with Gasteiger partial charge in [-0.25, -0.2) is 8.78 Å². The van der Waals surface area contributed by atoms with Crippen LogP contribution in [0.25, 0.3) is 0 Å². The van der Waals surface area contributed by atoms with Crippen molar-refractivity contribution in [2.24, 2.45) is 5.73 Å². The van der Waals surface area contributed by atoms with Crippen molar-refractivity contribution >= 4 is 34.8 Å². The Morgan fingerprint density at radius 2 is 1.86 bits per heavy atom. The first-order chi connectivity index (χ1) is 17.4. The Morgan fingerprint density at radius 3 is 2.51 bits per heavy atom. The van der Waals surface area contributed by atoms with Crippen LogP contribution >= 0.6 is 11.6 Å². The Bertz CT molecular complexity index is 1150. The molecule has 1 aliphatic rings. The van der Waals surface area contributed by atoms with Gasteiger partial charge in [0.1, 0.15) is 0 Å². The Labute approximate surface area is 215 Å². The van der Waals surface area contributed by atoms with Crippen LogP contribution in [0.5, 0.6) is 0 Å². The van der Waals surface area contributed by atoms with Crippen molar-refractivity contribution in [1.82, 2.24) is 10.2 Å². The van der Waals surface area contributed by atoms with E-state index in [1.807, 2.05) is 11.8 Å². The molecule has 37 heavy (non-hydrogen) atoms. The minimum Gasteiger partial charge on any atom is -0.365 e. The molecule has 3 rings (SSSR count). The number of nitrogens with one attached hydrogen (secondary N) is 2. The first-order valence-corrected chi connectivity index (χ1v) is 11.9. The van der Waals surface area contributed by atoms with Crippen LogP contribution in [0.4, 0.5) is 33.3 Å². The summed E-state index contributed by atoms with van der Waals surface area (Å²) in [4.78, 5) is 27.8. The van der Waals surface area contributed by atoms with Crippen molar-refractivity contribution in [3.05, 3.63) is 58.1 Å². The molecular weight excluding hydrogens is 521 g/mol. The fourth-order valence-electron chi connectivity index (χ4n) is 4.08. The first kappa shape index (κ1) is 28.6. The third-order valence-electron chi connectivity index (χ3n) is 6.01. The number of benzene rings is 2. The molecule has 0 radical (unpaired) electrons. The molecule has 1 atom stereocenters. The van der Waals surface area contributed by atoms with Gasteiger partial charge in [0.05, 0.1) is 29.9 Å². The largest absolute Gasteiger partial charge is 0.390 e. The lowest BCUT2D eigenvalue weighted by molar-refractivity contribution is -0.138. The van der Waals surface area contributed by atoms with Gasteiger partial charge in [-0.1, -0.05) is 17.7 Å². The van der Waals surface area contributed by atoms with Gasteiger partial charge < -0.3 is 21.3 Å². The normalized spacial score (nSPS) is 16.5. The van der Waals surface area contributed by atoms with E-state index in [-0.39, 0.29) is 36.9 Å². The van der Waals surface area contributed by atoms with Crippen molar-refractivity contribution in [3.8, 4) is 0 Å². The number of nitrogens with two attached hydrogens (primary N) is 1. The molecule has 0 aromatic heterocycles. The molecule has 2 amide bonds. The number of amides is 2. The van der Waals surface area contributed by atoms with Crippen LogP contribution in [0.1, 0.15) is 29.3 Å². The fraction of sp³-hybridized carbons (Fsp3) is 0.417. The Morgan fingerprint density at radius 1 is 1.14 bits per heavy atom. The molecule has 202 valence electrons.